The van der Waals surface area contributed by atoms with E-state index in [1.165, 1.54) is 11.1 Å². The molecule has 0 fully saturated rings. The Morgan fingerprint density at radius 2 is 1.85 bits per heavy atom. The number of anilines is 1. The van der Waals surface area contributed by atoms with Crippen molar-refractivity contribution >= 4 is 22.6 Å². The maximum atomic E-state index is 12.6. The van der Waals surface area contributed by atoms with E-state index >= 15 is 0 Å². The molecule has 206 valence electrons. The summed E-state index contributed by atoms with van der Waals surface area (Å²) in [6.07, 6.45) is 3.31. The summed E-state index contributed by atoms with van der Waals surface area (Å²) in [6.45, 7) is 2.11. The van der Waals surface area contributed by atoms with Crippen LogP contribution in [0.4, 0.5) is 10.5 Å². The van der Waals surface area contributed by atoms with Crippen LogP contribution in [0.5, 0.6) is 23.0 Å². The molecule has 4 aromatic rings. The number of nitrogens with two attached hydrogens (primary N) is 1. The number of fused-ring (bicyclic) bond motifs is 3. The molecule has 2 aliphatic rings. The van der Waals surface area contributed by atoms with Gasteiger partial charge in [-0.1, -0.05) is 24.3 Å². The number of ether oxygens (including phenoxy) is 4. The van der Waals surface area contributed by atoms with Crippen LogP contribution >= 0.6 is 0 Å². The first kappa shape index (κ1) is 25.8. The lowest BCUT2D eigenvalue weighted by Gasteiger charge is -2.38. The lowest BCUT2D eigenvalue weighted by molar-refractivity contribution is 0.173. The highest BCUT2D eigenvalue weighted by Gasteiger charge is 2.31. The van der Waals surface area contributed by atoms with Gasteiger partial charge < -0.3 is 24.7 Å². The van der Waals surface area contributed by atoms with E-state index in [1.54, 1.807) is 25.3 Å². The highest BCUT2D eigenvalue weighted by atomic mass is 16.7. The highest BCUT2D eigenvalue weighted by molar-refractivity contribution is 5.93. The molecule has 40 heavy (non-hydrogen) atoms. The van der Waals surface area contributed by atoms with E-state index in [9.17, 15) is 4.79 Å². The minimum absolute atomic E-state index is 0.0424. The van der Waals surface area contributed by atoms with Gasteiger partial charge in [0.05, 0.1) is 31.6 Å². The molecule has 1 aromatic heterocycles. The average molecular weight is 541 g/mol. The number of carbonyl (C=O) groups is 1. The van der Waals surface area contributed by atoms with Gasteiger partial charge in [0.1, 0.15) is 0 Å². The van der Waals surface area contributed by atoms with Crippen LogP contribution in [0, 0.1) is 0 Å². The van der Waals surface area contributed by atoms with Crippen LogP contribution in [0.15, 0.2) is 66.9 Å². The molecule has 1 atom stereocenters. The molecule has 0 saturated heterocycles. The number of nitrogens with zero attached hydrogens (tertiary/aromatic N) is 3. The van der Waals surface area contributed by atoms with Crippen molar-refractivity contribution in [1.82, 2.24) is 9.88 Å². The Bertz CT molecular complexity index is 1560. The molecular formula is C31H32N4O5. The van der Waals surface area contributed by atoms with E-state index < -0.39 is 6.03 Å². The van der Waals surface area contributed by atoms with Gasteiger partial charge in [0.2, 0.25) is 6.79 Å². The zero-order chi connectivity index (χ0) is 27.6. The van der Waals surface area contributed by atoms with Crippen LogP contribution in [0.3, 0.4) is 0 Å². The molecule has 2 amide bonds. The SMILES string of the molecule is COc1ccc(CC2c3cc4c(cc3CCN2CCN(C(N)=O)c2cnc3ccccc3c2)OCO4)cc1OC. The van der Waals surface area contributed by atoms with E-state index in [1.807, 2.05) is 42.5 Å². The second-order valence-corrected chi connectivity index (χ2v) is 9.98. The molecule has 2 N–H and O–H groups in total. The van der Waals surface area contributed by atoms with Crippen molar-refractivity contribution in [2.75, 3.05) is 45.5 Å². The van der Waals surface area contributed by atoms with Crippen LogP contribution in [-0.2, 0) is 12.8 Å². The van der Waals surface area contributed by atoms with Gasteiger partial charge in [0.25, 0.3) is 0 Å². The highest BCUT2D eigenvalue weighted by Crippen LogP contribution is 2.42. The maximum absolute atomic E-state index is 12.6. The number of hydrogen-bond acceptors (Lipinski definition) is 7. The fourth-order valence-corrected chi connectivity index (χ4v) is 5.68. The number of amides is 2. The minimum atomic E-state index is -0.505. The number of methoxy groups -OCH3 is 2. The number of carbonyl (C=O) groups excluding carboxylic acids is 1. The monoisotopic (exact) mass is 540 g/mol. The van der Waals surface area contributed by atoms with Crippen molar-refractivity contribution in [2.45, 2.75) is 18.9 Å². The van der Waals surface area contributed by atoms with E-state index in [0.717, 1.165) is 47.4 Å². The number of rotatable bonds is 8. The number of aromatic nitrogens is 1. The molecule has 0 saturated carbocycles. The lowest BCUT2D eigenvalue weighted by Crippen LogP contribution is -2.45. The van der Waals surface area contributed by atoms with E-state index in [2.05, 4.69) is 28.1 Å². The van der Waals surface area contributed by atoms with Gasteiger partial charge in [-0.3, -0.25) is 14.8 Å². The zero-order valence-electron chi connectivity index (χ0n) is 22.6. The van der Waals surface area contributed by atoms with Crippen molar-refractivity contribution in [2.24, 2.45) is 5.73 Å². The summed E-state index contributed by atoms with van der Waals surface area (Å²) in [7, 11) is 3.28. The van der Waals surface area contributed by atoms with Crippen LogP contribution in [-0.4, -0.2) is 56.6 Å². The summed E-state index contributed by atoms with van der Waals surface area (Å²) in [5.74, 6) is 2.94. The first-order valence-corrected chi connectivity index (χ1v) is 13.3. The third-order valence-corrected chi connectivity index (χ3v) is 7.74. The second-order valence-electron chi connectivity index (χ2n) is 9.98. The number of pyridine rings is 1. The largest absolute Gasteiger partial charge is 0.493 e. The first-order chi connectivity index (χ1) is 19.5. The average Bonchev–Trinajstić information content (AvgIpc) is 3.44. The molecule has 9 heteroatoms. The van der Waals surface area contributed by atoms with Gasteiger partial charge in [-0.2, -0.15) is 0 Å². The van der Waals surface area contributed by atoms with Crippen LogP contribution in [0.25, 0.3) is 10.9 Å². The summed E-state index contributed by atoms with van der Waals surface area (Å²) < 4.78 is 22.4. The Morgan fingerprint density at radius 1 is 1.05 bits per heavy atom. The Hall–Kier alpha value is -4.50. The van der Waals surface area contributed by atoms with Gasteiger partial charge in [0.15, 0.2) is 23.0 Å². The predicted octanol–water partition coefficient (Wildman–Crippen LogP) is 4.71. The molecular weight excluding hydrogens is 508 g/mol. The first-order valence-electron chi connectivity index (χ1n) is 13.3. The molecule has 0 aliphatic carbocycles. The van der Waals surface area contributed by atoms with Gasteiger partial charge >= 0.3 is 6.03 Å². The van der Waals surface area contributed by atoms with Crippen molar-refractivity contribution < 1.29 is 23.7 Å². The normalized spacial score (nSPS) is 16.0. The zero-order valence-corrected chi connectivity index (χ0v) is 22.6. The fourth-order valence-electron chi connectivity index (χ4n) is 5.68. The smallest absolute Gasteiger partial charge is 0.319 e. The van der Waals surface area contributed by atoms with Crippen molar-refractivity contribution in [1.29, 1.82) is 0 Å². The maximum Gasteiger partial charge on any atom is 0.319 e. The molecule has 3 heterocycles. The molecule has 1 unspecified atom stereocenters. The Labute approximate surface area is 233 Å². The quantitative estimate of drug-likeness (QED) is 0.346. The summed E-state index contributed by atoms with van der Waals surface area (Å²) in [4.78, 5) is 21.1. The number of benzene rings is 3. The van der Waals surface area contributed by atoms with E-state index in [0.29, 0.717) is 30.3 Å². The van der Waals surface area contributed by atoms with Crippen molar-refractivity contribution in [3.63, 3.8) is 0 Å². The van der Waals surface area contributed by atoms with Gasteiger partial charge in [-0.05, 0) is 65.9 Å². The van der Waals surface area contributed by atoms with Crippen LogP contribution in [0.1, 0.15) is 22.7 Å². The number of urea groups is 1. The third kappa shape index (κ3) is 4.96. The van der Waals surface area contributed by atoms with Crippen molar-refractivity contribution in [3.8, 4) is 23.0 Å². The molecule has 2 aliphatic heterocycles. The lowest BCUT2D eigenvalue weighted by atomic mass is 9.88. The third-order valence-electron chi connectivity index (χ3n) is 7.74. The summed E-state index contributed by atoms with van der Waals surface area (Å²) >= 11 is 0. The Kier molecular flexibility index (Phi) is 7.04. The minimum Gasteiger partial charge on any atom is -0.493 e. The number of primary amides is 1. The van der Waals surface area contributed by atoms with Crippen LogP contribution in [0.2, 0.25) is 0 Å². The van der Waals surface area contributed by atoms with Gasteiger partial charge in [-0.25, -0.2) is 4.79 Å². The number of hydrogen-bond donors (Lipinski definition) is 1. The predicted molar refractivity (Wildman–Crippen MR) is 153 cm³/mol. The molecule has 9 nitrogen and oxygen atoms in total. The summed E-state index contributed by atoms with van der Waals surface area (Å²) in [5, 5.41) is 0.959. The fraction of sp³-hybridized carbons (Fsp3) is 0.290. The van der Waals surface area contributed by atoms with Crippen LogP contribution < -0.4 is 29.6 Å². The summed E-state index contributed by atoms with van der Waals surface area (Å²) in [5.41, 5.74) is 11.0. The topological polar surface area (TPSA) is 99.4 Å². The van der Waals surface area contributed by atoms with E-state index in [4.69, 9.17) is 24.7 Å². The standard InChI is InChI=1S/C31H32N4O5/c1-37-27-8-7-20(14-28(27)38-2)13-26-24-17-30-29(39-19-40-30)16-21(24)9-10-34(26)11-12-35(31(32)36)23-15-22-5-3-4-6-25(22)33-18-23/h3-8,14-18,26H,9-13,19H2,1-2H3,(H2,32,36). The molecule has 3 aromatic carbocycles. The number of para-hydroxylation sites is 1. The molecule has 6 rings (SSSR count). The molecule has 0 bridgehead atoms. The van der Waals surface area contributed by atoms with Crippen molar-refractivity contribution in [3.05, 3.63) is 83.6 Å². The second kappa shape index (κ2) is 10.9. The summed E-state index contributed by atoms with van der Waals surface area (Å²) in [6, 6.07) is 19.6. The molecule has 0 spiro atoms. The van der Waals surface area contributed by atoms with E-state index in [-0.39, 0.29) is 12.8 Å². The van der Waals surface area contributed by atoms with Gasteiger partial charge in [-0.15, -0.1) is 0 Å². The Balaban J connectivity index is 1.30. The van der Waals surface area contributed by atoms with Gasteiger partial charge in [0, 0.05) is 31.1 Å². The molecule has 0 radical (unpaired) electrons. The Morgan fingerprint density at radius 3 is 2.65 bits per heavy atom.